The Hall–Kier alpha value is -1.35. The molecule has 1 N–H and O–H groups in total. The number of rotatable bonds is 2. The van der Waals surface area contributed by atoms with E-state index in [4.69, 9.17) is 4.74 Å². The Balaban J connectivity index is 2.18. The van der Waals surface area contributed by atoms with Crippen molar-refractivity contribution in [2.45, 2.75) is 39.2 Å². The molecule has 0 bridgehead atoms. The van der Waals surface area contributed by atoms with Crippen LogP contribution in [0.3, 0.4) is 0 Å². The number of carbonyl (C=O) groups is 1. The molecule has 1 aliphatic heterocycles. The number of esters is 1. The highest BCUT2D eigenvalue weighted by Gasteiger charge is 2.37. The quantitative estimate of drug-likeness (QED) is 0.832. The third kappa shape index (κ3) is 3.35. The number of nitrogens with one attached hydrogen (secondary N) is 1. The van der Waals surface area contributed by atoms with Gasteiger partial charge in [0.2, 0.25) is 0 Å². The molecule has 1 aliphatic rings. The summed E-state index contributed by atoms with van der Waals surface area (Å²) in [7, 11) is 0. The Kier molecular flexibility index (Phi) is 3.95. The van der Waals surface area contributed by atoms with E-state index >= 15 is 0 Å². The predicted octanol–water partition coefficient (Wildman–Crippen LogP) is 2.64. The fourth-order valence-electron chi connectivity index (χ4n) is 2.63. The van der Waals surface area contributed by atoms with Crippen molar-refractivity contribution in [3.8, 4) is 0 Å². The molecule has 1 saturated heterocycles. The normalized spacial score (nSPS) is 23.4. The van der Waals surface area contributed by atoms with Crippen molar-refractivity contribution in [2.24, 2.45) is 5.92 Å². The number of aryl methyl sites for hydroxylation is 1. The van der Waals surface area contributed by atoms with Crippen LogP contribution in [0.15, 0.2) is 24.3 Å². The van der Waals surface area contributed by atoms with Gasteiger partial charge in [-0.15, -0.1) is 0 Å². The van der Waals surface area contributed by atoms with Crippen LogP contribution in [-0.4, -0.2) is 24.7 Å². The van der Waals surface area contributed by atoms with E-state index in [0.717, 1.165) is 6.54 Å². The molecule has 1 aromatic carbocycles. The van der Waals surface area contributed by atoms with Crippen LogP contribution >= 0.6 is 0 Å². The number of hydrogen-bond acceptors (Lipinski definition) is 3. The molecule has 3 nitrogen and oxygen atoms in total. The molecule has 0 saturated carbocycles. The summed E-state index contributed by atoms with van der Waals surface area (Å²) in [6.45, 7) is 9.38. The Morgan fingerprint density at radius 2 is 1.95 bits per heavy atom. The smallest absolute Gasteiger partial charge is 0.311 e. The minimum absolute atomic E-state index is 0.0830. The van der Waals surface area contributed by atoms with Gasteiger partial charge in [-0.05, 0) is 38.8 Å². The molecule has 1 aromatic rings. The first-order valence-electron chi connectivity index (χ1n) is 6.87. The Morgan fingerprint density at radius 3 is 2.58 bits per heavy atom. The van der Waals surface area contributed by atoms with Gasteiger partial charge < -0.3 is 10.1 Å². The monoisotopic (exact) mass is 261 g/mol. The molecule has 0 amide bonds. The maximum atomic E-state index is 12.3. The van der Waals surface area contributed by atoms with Crippen LogP contribution in [-0.2, 0) is 9.53 Å². The lowest BCUT2D eigenvalue weighted by Crippen LogP contribution is -2.31. The van der Waals surface area contributed by atoms with E-state index in [-0.39, 0.29) is 17.8 Å². The first-order chi connectivity index (χ1) is 8.88. The minimum Gasteiger partial charge on any atom is -0.460 e. The van der Waals surface area contributed by atoms with Gasteiger partial charge in [0.05, 0.1) is 5.92 Å². The van der Waals surface area contributed by atoms with Crippen molar-refractivity contribution in [3.05, 3.63) is 35.4 Å². The summed E-state index contributed by atoms with van der Waals surface area (Å²) in [6.07, 6.45) is 0. The van der Waals surface area contributed by atoms with E-state index in [0.29, 0.717) is 6.54 Å². The molecule has 104 valence electrons. The van der Waals surface area contributed by atoms with Crippen LogP contribution in [0.1, 0.15) is 37.8 Å². The van der Waals surface area contributed by atoms with Crippen LogP contribution in [0.5, 0.6) is 0 Å². The summed E-state index contributed by atoms with van der Waals surface area (Å²) in [5.41, 5.74) is 2.07. The molecular weight excluding hydrogens is 238 g/mol. The van der Waals surface area contributed by atoms with Crippen LogP contribution in [0.25, 0.3) is 0 Å². The Bertz CT molecular complexity index is 462. The molecule has 0 spiro atoms. The zero-order chi connectivity index (χ0) is 14.0. The van der Waals surface area contributed by atoms with E-state index in [9.17, 15) is 4.79 Å². The summed E-state index contributed by atoms with van der Waals surface area (Å²) in [6, 6.07) is 8.28. The van der Waals surface area contributed by atoms with E-state index in [1.165, 1.54) is 11.1 Å². The molecule has 2 rings (SSSR count). The van der Waals surface area contributed by atoms with Gasteiger partial charge in [0, 0.05) is 19.0 Å². The first kappa shape index (κ1) is 14.1. The average molecular weight is 261 g/mol. The summed E-state index contributed by atoms with van der Waals surface area (Å²) < 4.78 is 5.53. The van der Waals surface area contributed by atoms with E-state index < -0.39 is 5.60 Å². The van der Waals surface area contributed by atoms with Crippen molar-refractivity contribution < 1.29 is 9.53 Å². The second-order valence-corrected chi connectivity index (χ2v) is 6.26. The molecule has 2 unspecified atom stereocenters. The van der Waals surface area contributed by atoms with Gasteiger partial charge in [0.15, 0.2) is 0 Å². The molecule has 2 atom stereocenters. The molecule has 0 aliphatic carbocycles. The average Bonchev–Trinajstić information content (AvgIpc) is 2.76. The van der Waals surface area contributed by atoms with Crippen LogP contribution in [0.4, 0.5) is 0 Å². The molecule has 19 heavy (non-hydrogen) atoms. The van der Waals surface area contributed by atoms with Crippen LogP contribution in [0.2, 0.25) is 0 Å². The Morgan fingerprint density at radius 1 is 1.26 bits per heavy atom. The van der Waals surface area contributed by atoms with E-state index in [1.54, 1.807) is 0 Å². The number of benzene rings is 1. The molecule has 1 heterocycles. The van der Waals surface area contributed by atoms with Crippen molar-refractivity contribution in [1.82, 2.24) is 5.32 Å². The minimum atomic E-state index is -0.421. The number of hydrogen-bond donors (Lipinski definition) is 1. The van der Waals surface area contributed by atoms with E-state index in [2.05, 4.69) is 24.4 Å². The zero-order valence-electron chi connectivity index (χ0n) is 12.2. The highest BCUT2D eigenvalue weighted by molar-refractivity contribution is 5.75. The van der Waals surface area contributed by atoms with Crippen molar-refractivity contribution in [2.75, 3.05) is 13.1 Å². The SMILES string of the molecule is Cc1ccccc1C1CNCC1C(=O)OC(C)(C)C. The van der Waals surface area contributed by atoms with Crippen molar-refractivity contribution in [1.29, 1.82) is 0 Å². The molecule has 1 fully saturated rings. The highest BCUT2D eigenvalue weighted by atomic mass is 16.6. The second-order valence-electron chi connectivity index (χ2n) is 6.26. The Labute approximate surface area is 115 Å². The lowest BCUT2D eigenvalue weighted by atomic mass is 9.86. The highest BCUT2D eigenvalue weighted by Crippen LogP contribution is 2.31. The largest absolute Gasteiger partial charge is 0.460 e. The third-order valence-corrected chi connectivity index (χ3v) is 3.51. The number of ether oxygens (including phenoxy) is 1. The molecule has 3 heteroatoms. The van der Waals surface area contributed by atoms with E-state index in [1.807, 2.05) is 32.9 Å². The van der Waals surface area contributed by atoms with Crippen molar-refractivity contribution >= 4 is 5.97 Å². The molecular formula is C16H23NO2. The standard InChI is InChI=1S/C16H23NO2/c1-11-7-5-6-8-12(11)13-9-17-10-14(13)15(18)19-16(2,3)4/h5-8,13-14,17H,9-10H2,1-4H3. The van der Waals surface area contributed by atoms with Gasteiger partial charge in [-0.2, -0.15) is 0 Å². The second kappa shape index (κ2) is 5.33. The summed E-state index contributed by atoms with van der Waals surface area (Å²) in [5.74, 6) is 0.0436. The van der Waals surface area contributed by atoms with Gasteiger partial charge >= 0.3 is 5.97 Å². The maximum Gasteiger partial charge on any atom is 0.311 e. The van der Waals surface area contributed by atoms with Crippen LogP contribution < -0.4 is 5.32 Å². The summed E-state index contributed by atoms with van der Waals surface area (Å²) in [4.78, 5) is 12.3. The summed E-state index contributed by atoms with van der Waals surface area (Å²) in [5, 5.41) is 3.31. The van der Waals surface area contributed by atoms with Crippen molar-refractivity contribution in [3.63, 3.8) is 0 Å². The fraction of sp³-hybridized carbons (Fsp3) is 0.562. The van der Waals surface area contributed by atoms with Gasteiger partial charge in [-0.25, -0.2) is 0 Å². The fourth-order valence-corrected chi connectivity index (χ4v) is 2.63. The lowest BCUT2D eigenvalue weighted by Gasteiger charge is -2.25. The van der Waals surface area contributed by atoms with Gasteiger partial charge in [-0.3, -0.25) is 4.79 Å². The zero-order valence-corrected chi connectivity index (χ0v) is 12.2. The molecule has 0 radical (unpaired) electrons. The predicted molar refractivity (Wildman–Crippen MR) is 76.1 cm³/mol. The van der Waals surface area contributed by atoms with Gasteiger partial charge in [0.25, 0.3) is 0 Å². The third-order valence-electron chi connectivity index (χ3n) is 3.51. The first-order valence-corrected chi connectivity index (χ1v) is 6.87. The maximum absolute atomic E-state index is 12.3. The molecule has 0 aromatic heterocycles. The lowest BCUT2D eigenvalue weighted by molar-refractivity contribution is -0.159. The number of carbonyl (C=O) groups excluding carboxylic acids is 1. The van der Waals surface area contributed by atoms with Crippen LogP contribution in [0, 0.1) is 12.8 Å². The summed E-state index contributed by atoms with van der Waals surface area (Å²) >= 11 is 0. The van der Waals surface area contributed by atoms with Gasteiger partial charge in [0.1, 0.15) is 5.60 Å². The van der Waals surface area contributed by atoms with Gasteiger partial charge in [-0.1, -0.05) is 24.3 Å². The topological polar surface area (TPSA) is 38.3 Å².